The lowest BCUT2D eigenvalue weighted by Gasteiger charge is -2.30. The number of nitrogens with one attached hydrogen (secondary N) is 2. The zero-order valence-electron chi connectivity index (χ0n) is 15.8. The van der Waals surface area contributed by atoms with Gasteiger partial charge in [-0.3, -0.25) is 4.79 Å². The number of ether oxygens (including phenoxy) is 1. The average Bonchev–Trinajstić information content (AvgIpc) is 2.69. The van der Waals surface area contributed by atoms with Crippen LogP contribution in [0.15, 0.2) is 24.4 Å². The van der Waals surface area contributed by atoms with E-state index in [0.29, 0.717) is 39.7 Å². The maximum absolute atomic E-state index is 12.8. The van der Waals surface area contributed by atoms with E-state index in [0.717, 1.165) is 25.9 Å². The zero-order chi connectivity index (χ0) is 19.4. The summed E-state index contributed by atoms with van der Waals surface area (Å²) in [5, 5.41) is 6.45. The molecule has 2 N–H and O–H groups in total. The van der Waals surface area contributed by atoms with Crippen molar-refractivity contribution in [3.63, 3.8) is 0 Å². The Bertz CT molecular complexity index is 822. The van der Waals surface area contributed by atoms with Crippen LogP contribution in [0.5, 0.6) is 5.75 Å². The van der Waals surface area contributed by atoms with E-state index in [2.05, 4.69) is 27.5 Å². The second-order valence-electron chi connectivity index (χ2n) is 6.65. The van der Waals surface area contributed by atoms with E-state index in [1.807, 2.05) is 4.90 Å². The summed E-state index contributed by atoms with van der Waals surface area (Å²) in [4.78, 5) is 23.1. The topological polar surface area (TPSA) is 79.4 Å². The molecule has 1 aromatic heterocycles. The minimum absolute atomic E-state index is 0.0342. The van der Waals surface area contributed by atoms with Crippen molar-refractivity contribution in [1.29, 1.82) is 0 Å². The number of carbonyl (C=O) groups excluding carboxylic acids is 1. The molecule has 7 nitrogen and oxygen atoms in total. The molecule has 0 bridgehead atoms. The van der Waals surface area contributed by atoms with E-state index in [9.17, 15) is 4.79 Å². The highest BCUT2D eigenvalue weighted by molar-refractivity contribution is 6.32. The third kappa shape index (κ3) is 4.42. The average molecular weight is 390 g/mol. The van der Waals surface area contributed by atoms with Gasteiger partial charge in [-0.05, 0) is 37.0 Å². The first-order valence-corrected chi connectivity index (χ1v) is 9.34. The highest BCUT2D eigenvalue weighted by Crippen LogP contribution is 2.30. The first kappa shape index (κ1) is 19.2. The maximum Gasteiger partial charge on any atom is 0.253 e. The molecule has 0 radical (unpaired) electrons. The van der Waals surface area contributed by atoms with Gasteiger partial charge in [-0.1, -0.05) is 18.5 Å². The number of likely N-dealkylation sites (tertiary alicyclic amines) is 1. The van der Waals surface area contributed by atoms with Gasteiger partial charge in [0.05, 0.1) is 19.0 Å². The van der Waals surface area contributed by atoms with Crippen LogP contribution in [0.1, 0.15) is 30.1 Å². The lowest BCUT2D eigenvalue weighted by molar-refractivity contribution is 0.0697. The molecule has 144 valence electrons. The Morgan fingerprint density at radius 3 is 2.74 bits per heavy atom. The van der Waals surface area contributed by atoms with Crippen molar-refractivity contribution in [3.8, 4) is 5.75 Å². The van der Waals surface area contributed by atoms with Gasteiger partial charge in [0.15, 0.2) is 0 Å². The van der Waals surface area contributed by atoms with E-state index in [-0.39, 0.29) is 5.91 Å². The quantitative estimate of drug-likeness (QED) is 0.809. The Morgan fingerprint density at radius 1 is 1.33 bits per heavy atom. The molecule has 1 aliphatic heterocycles. The molecule has 3 rings (SSSR count). The number of piperidine rings is 1. The van der Waals surface area contributed by atoms with Crippen LogP contribution in [0, 0.1) is 5.92 Å². The fraction of sp³-hybridized carbons (Fsp3) is 0.421. The van der Waals surface area contributed by atoms with Gasteiger partial charge in [0.1, 0.15) is 16.6 Å². The van der Waals surface area contributed by atoms with Gasteiger partial charge in [0.25, 0.3) is 5.91 Å². The Morgan fingerprint density at radius 2 is 2.07 bits per heavy atom. The van der Waals surface area contributed by atoms with Gasteiger partial charge in [0.2, 0.25) is 5.95 Å². The standard InChI is InChI=1S/C19H24ClN5O2/c1-12-6-8-25(9-7-12)18(26)13-4-5-15(16(10-13)27-3)23-19-22-11-14(20)17(21-2)24-19/h4-5,10-12H,6-9H2,1-3H3,(H2,21,22,23,24). The minimum atomic E-state index is 0.0342. The number of nitrogens with zero attached hydrogens (tertiary/aromatic N) is 3. The van der Waals surface area contributed by atoms with Crippen molar-refractivity contribution in [3.05, 3.63) is 35.0 Å². The second-order valence-corrected chi connectivity index (χ2v) is 7.06. The molecule has 1 saturated heterocycles. The van der Waals surface area contributed by atoms with Gasteiger partial charge in [0, 0.05) is 25.7 Å². The highest BCUT2D eigenvalue weighted by Gasteiger charge is 2.22. The molecule has 0 spiro atoms. The van der Waals surface area contributed by atoms with Crippen LogP contribution in [-0.2, 0) is 0 Å². The number of anilines is 3. The number of carbonyl (C=O) groups is 1. The number of aromatic nitrogens is 2. The van der Waals surface area contributed by atoms with E-state index in [4.69, 9.17) is 16.3 Å². The molecule has 2 heterocycles. The van der Waals surface area contributed by atoms with E-state index < -0.39 is 0 Å². The molecule has 1 amide bonds. The largest absolute Gasteiger partial charge is 0.495 e. The number of rotatable bonds is 5. The number of methoxy groups -OCH3 is 1. The fourth-order valence-electron chi connectivity index (χ4n) is 3.04. The van der Waals surface area contributed by atoms with Gasteiger partial charge in [-0.2, -0.15) is 4.98 Å². The molecule has 0 atom stereocenters. The maximum atomic E-state index is 12.8. The summed E-state index contributed by atoms with van der Waals surface area (Å²) in [6.45, 7) is 3.82. The molecule has 0 unspecified atom stereocenters. The van der Waals surface area contributed by atoms with Gasteiger partial charge in [-0.15, -0.1) is 0 Å². The highest BCUT2D eigenvalue weighted by atomic mass is 35.5. The van der Waals surface area contributed by atoms with Crippen molar-refractivity contribution in [2.75, 3.05) is 37.9 Å². The van der Waals surface area contributed by atoms with Crippen molar-refractivity contribution < 1.29 is 9.53 Å². The summed E-state index contributed by atoms with van der Waals surface area (Å²) in [5.74, 6) is 2.17. The summed E-state index contributed by atoms with van der Waals surface area (Å²) >= 11 is 6.01. The number of amides is 1. The van der Waals surface area contributed by atoms with E-state index >= 15 is 0 Å². The Hall–Kier alpha value is -2.54. The molecule has 8 heteroatoms. The first-order valence-electron chi connectivity index (χ1n) is 8.96. The predicted octanol–water partition coefficient (Wildman–Crippen LogP) is 3.80. The minimum Gasteiger partial charge on any atom is -0.495 e. The molecule has 1 aliphatic rings. The van der Waals surface area contributed by atoms with Crippen LogP contribution in [0.25, 0.3) is 0 Å². The van der Waals surface area contributed by atoms with Crippen molar-refractivity contribution in [2.24, 2.45) is 5.92 Å². The van der Waals surface area contributed by atoms with Crippen molar-refractivity contribution in [1.82, 2.24) is 14.9 Å². The van der Waals surface area contributed by atoms with Crippen LogP contribution in [0.4, 0.5) is 17.5 Å². The van der Waals surface area contributed by atoms with Gasteiger partial charge in [-0.25, -0.2) is 4.98 Å². The Labute approximate surface area is 164 Å². The lowest BCUT2D eigenvalue weighted by Crippen LogP contribution is -2.37. The normalized spacial score (nSPS) is 14.7. The predicted molar refractivity (Wildman–Crippen MR) is 107 cm³/mol. The van der Waals surface area contributed by atoms with Crippen LogP contribution >= 0.6 is 11.6 Å². The second kappa shape index (κ2) is 8.43. The van der Waals surface area contributed by atoms with Crippen LogP contribution in [0.2, 0.25) is 5.02 Å². The number of hydrogen-bond acceptors (Lipinski definition) is 6. The molecule has 0 saturated carbocycles. The third-order valence-electron chi connectivity index (χ3n) is 4.75. The van der Waals surface area contributed by atoms with Gasteiger partial charge >= 0.3 is 0 Å². The van der Waals surface area contributed by atoms with Crippen LogP contribution in [0.3, 0.4) is 0 Å². The van der Waals surface area contributed by atoms with Crippen LogP contribution < -0.4 is 15.4 Å². The van der Waals surface area contributed by atoms with E-state index in [1.54, 1.807) is 32.4 Å². The van der Waals surface area contributed by atoms with E-state index in [1.165, 1.54) is 6.20 Å². The smallest absolute Gasteiger partial charge is 0.253 e. The Kier molecular flexibility index (Phi) is 6.01. The number of halogens is 1. The molecule has 2 aromatic rings. The summed E-state index contributed by atoms with van der Waals surface area (Å²) in [7, 11) is 3.30. The van der Waals surface area contributed by atoms with Crippen LogP contribution in [-0.4, -0.2) is 48.0 Å². The molecule has 1 fully saturated rings. The molecule has 1 aromatic carbocycles. The molecular weight excluding hydrogens is 366 g/mol. The summed E-state index contributed by atoms with van der Waals surface area (Å²) in [5.41, 5.74) is 1.28. The molecular formula is C19H24ClN5O2. The monoisotopic (exact) mass is 389 g/mol. The Balaban J connectivity index is 1.79. The summed E-state index contributed by atoms with van der Waals surface area (Å²) in [6.07, 6.45) is 3.61. The molecule has 0 aliphatic carbocycles. The first-order chi connectivity index (χ1) is 13.0. The van der Waals surface area contributed by atoms with Crippen molar-refractivity contribution >= 4 is 35.0 Å². The van der Waals surface area contributed by atoms with Crippen molar-refractivity contribution in [2.45, 2.75) is 19.8 Å². The lowest BCUT2D eigenvalue weighted by atomic mass is 9.98. The van der Waals surface area contributed by atoms with Gasteiger partial charge < -0.3 is 20.3 Å². The summed E-state index contributed by atoms with van der Waals surface area (Å²) < 4.78 is 5.46. The zero-order valence-corrected chi connectivity index (χ0v) is 16.5. The number of benzene rings is 1. The number of hydrogen-bond donors (Lipinski definition) is 2. The molecule has 27 heavy (non-hydrogen) atoms. The fourth-order valence-corrected chi connectivity index (χ4v) is 3.23. The summed E-state index contributed by atoms with van der Waals surface area (Å²) in [6, 6.07) is 5.34. The SMILES string of the molecule is CNc1nc(Nc2ccc(C(=O)N3CCC(C)CC3)cc2OC)ncc1Cl. The third-order valence-corrected chi connectivity index (χ3v) is 5.02.